The van der Waals surface area contributed by atoms with Crippen LogP contribution >= 0.6 is 22.9 Å². The summed E-state index contributed by atoms with van der Waals surface area (Å²) >= 11 is 7.55. The SMILES string of the molecule is CCOC(=O)C1CCCN(C(=O)c2cc(COc3cc(C)ccc3Cl)cs2)C1. The average Bonchev–Trinajstić information content (AvgIpc) is 3.17. The summed E-state index contributed by atoms with van der Waals surface area (Å²) in [5.74, 6) is 0.145. The molecule has 1 aliphatic heterocycles. The lowest BCUT2D eigenvalue weighted by molar-refractivity contribution is -0.149. The standard InChI is InChI=1S/C21H24ClNO4S/c1-3-26-21(25)16-5-4-8-23(11-16)20(24)19-10-15(13-28-19)12-27-18-9-14(2)6-7-17(18)22/h6-7,9-10,13,16H,3-5,8,11-12H2,1-2H3. The fraction of sp³-hybridized carbons (Fsp3) is 0.429. The number of likely N-dealkylation sites (tertiary alicyclic amines) is 1. The number of benzene rings is 1. The number of esters is 1. The van der Waals surface area contributed by atoms with Crippen molar-refractivity contribution in [2.24, 2.45) is 5.92 Å². The Bertz CT molecular complexity index is 851. The highest BCUT2D eigenvalue weighted by atomic mass is 35.5. The monoisotopic (exact) mass is 421 g/mol. The molecule has 2 heterocycles. The Morgan fingerprint density at radius 3 is 2.93 bits per heavy atom. The Kier molecular flexibility index (Phi) is 6.97. The summed E-state index contributed by atoms with van der Waals surface area (Å²) in [5.41, 5.74) is 1.99. The van der Waals surface area contributed by atoms with Crippen LogP contribution in [-0.2, 0) is 16.1 Å². The third-order valence-corrected chi connectivity index (χ3v) is 5.95. The molecule has 1 aliphatic rings. The van der Waals surface area contributed by atoms with Gasteiger partial charge in [-0.05, 0) is 55.8 Å². The lowest BCUT2D eigenvalue weighted by atomic mass is 9.98. The summed E-state index contributed by atoms with van der Waals surface area (Å²) in [4.78, 5) is 27.2. The van der Waals surface area contributed by atoms with Gasteiger partial charge >= 0.3 is 5.97 Å². The number of carbonyl (C=O) groups excluding carboxylic acids is 2. The van der Waals surface area contributed by atoms with E-state index in [9.17, 15) is 9.59 Å². The van der Waals surface area contributed by atoms with E-state index in [4.69, 9.17) is 21.1 Å². The normalized spacial score (nSPS) is 16.7. The van der Waals surface area contributed by atoms with Gasteiger partial charge in [0.05, 0.1) is 22.4 Å². The van der Waals surface area contributed by atoms with Crippen molar-refractivity contribution in [3.05, 3.63) is 50.7 Å². The maximum Gasteiger partial charge on any atom is 0.310 e. The van der Waals surface area contributed by atoms with Crippen LogP contribution in [0.1, 0.15) is 40.6 Å². The highest BCUT2D eigenvalue weighted by Gasteiger charge is 2.30. The first-order valence-corrected chi connectivity index (χ1v) is 10.7. The van der Waals surface area contributed by atoms with Crippen molar-refractivity contribution in [3.8, 4) is 5.75 Å². The Hall–Kier alpha value is -2.05. The van der Waals surface area contributed by atoms with Gasteiger partial charge in [0.15, 0.2) is 0 Å². The maximum atomic E-state index is 12.8. The quantitative estimate of drug-likeness (QED) is 0.634. The van der Waals surface area contributed by atoms with Crippen LogP contribution in [0.2, 0.25) is 5.02 Å². The number of hydrogen-bond donors (Lipinski definition) is 0. The summed E-state index contributed by atoms with van der Waals surface area (Å²) in [7, 11) is 0. The maximum absolute atomic E-state index is 12.8. The molecule has 1 unspecified atom stereocenters. The summed E-state index contributed by atoms with van der Waals surface area (Å²) in [6, 6.07) is 7.48. The minimum atomic E-state index is -0.233. The van der Waals surface area contributed by atoms with E-state index in [0.29, 0.717) is 42.0 Å². The van der Waals surface area contributed by atoms with Gasteiger partial charge in [-0.1, -0.05) is 17.7 Å². The van der Waals surface area contributed by atoms with Gasteiger partial charge in [-0.3, -0.25) is 9.59 Å². The smallest absolute Gasteiger partial charge is 0.310 e. The van der Waals surface area contributed by atoms with Crippen LogP contribution in [0.15, 0.2) is 29.6 Å². The molecule has 1 amide bonds. The van der Waals surface area contributed by atoms with Crippen LogP contribution in [0, 0.1) is 12.8 Å². The van der Waals surface area contributed by atoms with Gasteiger partial charge in [-0.2, -0.15) is 0 Å². The molecule has 2 aromatic rings. The molecule has 5 nitrogen and oxygen atoms in total. The molecule has 0 saturated carbocycles. The van der Waals surface area contributed by atoms with E-state index >= 15 is 0 Å². The zero-order chi connectivity index (χ0) is 20.1. The predicted octanol–water partition coefficient (Wildman–Crippen LogP) is 4.70. The molecule has 1 aromatic heterocycles. The molecule has 1 saturated heterocycles. The van der Waals surface area contributed by atoms with Crippen molar-refractivity contribution >= 4 is 34.8 Å². The van der Waals surface area contributed by atoms with Crippen LogP contribution in [0.5, 0.6) is 5.75 Å². The first kappa shape index (κ1) is 20.7. The zero-order valence-electron chi connectivity index (χ0n) is 16.1. The molecule has 1 atom stereocenters. The van der Waals surface area contributed by atoms with E-state index < -0.39 is 0 Å². The first-order valence-electron chi connectivity index (χ1n) is 9.40. The molecule has 3 rings (SSSR count). The Labute approximate surface area is 174 Å². The van der Waals surface area contributed by atoms with Crippen molar-refractivity contribution in [1.29, 1.82) is 0 Å². The van der Waals surface area contributed by atoms with E-state index in [1.807, 2.05) is 36.6 Å². The predicted molar refractivity (Wildman–Crippen MR) is 110 cm³/mol. The van der Waals surface area contributed by atoms with Crippen molar-refractivity contribution in [3.63, 3.8) is 0 Å². The molecule has 0 aliphatic carbocycles. The number of aryl methyl sites for hydroxylation is 1. The molecule has 0 radical (unpaired) electrons. The molecule has 1 aromatic carbocycles. The third kappa shape index (κ3) is 5.06. The van der Waals surface area contributed by atoms with Crippen LogP contribution in [0.3, 0.4) is 0 Å². The minimum Gasteiger partial charge on any atom is -0.487 e. The number of ether oxygens (including phenoxy) is 2. The van der Waals surface area contributed by atoms with Crippen molar-refractivity contribution in [1.82, 2.24) is 4.90 Å². The van der Waals surface area contributed by atoms with Crippen molar-refractivity contribution in [2.45, 2.75) is 33.3 Å². The van der Waals surface area contributed by atoms with Gasteiger partial charge < -0.3 is 14.4 Å². The molecule has 1 fully saturated rings. The third-order valence-electron chi connectivity index (χ3n) is 4.67. The van der Waals surface area contributed by atoms with Gasteiger partial charge in [0.25, 0.3) is 5.91 Å². The minimum absolute atomic E-state index is 0.0427. The Balaban J connectivity index is 1.60. The van der Waals surface area contributed by atoms with E-state index in [-0.39, 0.29) is 17.8 Å². The van der Waals surface area contributed by atoms with Gasteiger partial charge in [0.2, 0.25) is 0 Å². The lowest BCUT2D eigenvalue weighted by Gasteiger charge is -2.31. The highest BCUT2D eigenvalue weighted by molar-refractivity contribution is 7.12. The van der Waals surface area contributed by atoms with Gasteiger partial charge in [-0.25, -0.2) is 0 Å². The highest BCUT2D eigenvalue weighted by Crippen LogP contribution is 2.27. The summed E-state index contributed by atoms with van der Waals surface area (Å²) in [6.45, 7) is 5.56. The fourth-order valence-corrected chi connectivity index (χ4v) is 4.25. The van der Waals surface area contributed by atoms with Crippen LogP contribution in [0.25, 0.3) is 0 Å². The van der Waals surface area contributed by atoms with E-state index in [1.165, 1.54) is 11.3 Å². The average molecular weight is 422 g/mol. The second-order valence-corrected chi connectivity index (χ2v) is 8.20. The van der Waals surface area contributed by atoms with E-state index in [2.05, 4.69) is 0 Å². The summed E-state index contributed by atoms with van der Waals surface area (Å²) in [6.07, 6.45) is 1.58. The largest absolute Gasteiger partial charge is 0.487 e. The van der Waals surface area contributed by atoms with E-state index in [0.717, 1.165) is 24.0 Å². The molecular weight excluding hydrogens is 398 g/mol. The van der Waals surface area contributed by atoms with Gasteiger partial charge in [0, 0.05) is 18.7 Å². The number of halogens is 1. The molecule has 0 N–H and O–H groups in total. The van der Waals surface area contributed by atoms with E-state index in [1.54, 1.807) is 11.8 Å². The number of carbonyl (C=O) groups is 2. The number of amides is 1. The number of rotatable bonds is 6. The number of thiophene rings is 1. The molecule has 28 heavy (non-hydrogen) atoms. The topological polar surface area (TPSA) is 55.8 Å². The summed E-state index contributed by atoms with van der Waals surface area (Å²) in [5, 5.41) is 2.49. The van der Waals surface area contributed by atoms with Crippen molar-refractivity contribution in [2.75, 3.05) is 19.7 Å². The van der Waals surface area contributed by atoms with Crippen molar-refractivity contribution < 1.29 is 19.1 Å². The van der Waals surface area contributed by atoms with Gasteiger partial charge in [-0.15, -0.1) is 11.3 Å². The molecule has 0 spiro atoms. The van der Waals surface area contributed by atoms with Gasteiger partial charge in [0.1, 0.15) is 12.4 Å². The van der Waals surface area contributed by atoms with Crippen LogP contribution in [-0.4, -0.2) is 36.5 Å². The first-order chi connectivity index (χ1) is 13.5. The van der Waals surface area contributed by atoms with Crippen LogP contribution < -0.4 is 4.74 Å². The zero-order valence-corrected chi connectivity index (χ0v) is 17.6. The number of nitrogens with zero attached hydrogens (tertiary/aromatic N) is 1. The second kappa shape index (κ2) is 9.43. The fourth-order valence-electron chi connectivity index (χ4n) is 3.22. The number of piperidine rings is 1. The molecule has 150 valence electrons. The molecular formula is C21H24ClNO4S. The number of hydrogen-bond acceptors (Lipinski definition) is 5. The molecule has 7 heteroatoms. The van der Waals surface area contributed by atoms with Crippen LogP contribution in [0.4, 0.5) is 0 Å². The lowest BCUT2D eigenvalue weighted by Crippen LogP contribution is -2.42. The second-order valence-electron chi connectivity index (χ2n) is 6.88. The molecule has 0 bridgehead atoms. The Morgan fingerprint density at radius 2 is 2.14 bits per heavy atom. The summed E-state index contributed by atoms with van der Waals surface area (Å²) < 4.78 is 10.9. The Morgan fingerprint density at radius 1 is 1.32 bits per heavy atom.